The zero-order chi connectivity index (χ0) is 19.4. The van der Waals surface area contributed by atoms with E-state index in [0.717, 1.165) is 0 Å². The van der Waals surface area contributed by atoms with Crippen LogP contribution in [-0.4, -0.2) is 55.5 Å². The van der Waals surface area contributed by atoms with Gasteiger partial charge in [-0.25, -0.2) is 9.97 Å². The van der Waals surface area contributed by atoms with Crippen LogP contribution in [0, 0.1) is 5.41 Å². The highest BCUT2D eigenvalue weighted by Gasteiger charge is 2.25. The number of nitrogens with zero attached hydrogens (tertiary/aromatic N) is 4. The number of aromatic nitrogens is 4. The van der Waals surface area contributed by atoms with Gasteiger partial charge in [-0.2, -0.15) is 4.98 Å². The molecule has 9 heteroatoms. The Morgan fingerprint density at radius 2 is 1.93 bits per heavy atom. The molecule has 9 nitrogen and oxygen atoms in total. The number of hydrogen-bond acceptors (Lipinski definition) is 7. The number of ether oxygens (including phenoxy) is 1. The number of anilines is 1. The van der Waals surface area contributed by atoms with Gasteiger partial charge < -0.3 is 20.3 Å². The van der Waals surface area contributed by atoms with Crippen LogP contribution in [0.4, 0.5) is 5.82 Å². The van der Waals surface area contributed by atoms with Crippen LogP contribution in [0.15, 0.2) is 36.7 Å². The van der Waals surface area contributed by atoms with Crippen LogP contribution >= 0.6 is 0 Å². The van der Waals surface area contributed by atoms with Gasteiger partial charge in [0.15, 0.2) is 17.0 Å². The molecule has 0 spiro atoms. The molecule has 0 radical (unpaired) electrons. The van der Waals surface area contributed by atoms with Crippen molar-refractivity contribution in [3.05, 3.63) is 42.2 Å². The summed E-state index contributed by atoms with van der Waals surface area (Å²) >= 11 is 0. The molecule has 0 saturated heterocycles. The van der Waals surface area contributed by atoms with Crippen LogP contribution in [0.2, 0.25) is 0 Å². The number of carbonyl (C=O) groups is 1. The number of amides is 1. The lowest BCUT2D eigenvalue weighted by molar-refractivity contribution is 0.0250. The zero-order valence-electron chi connectivity index (χ0n) is 15.1. The molecule has 0 fully saturated rings. The lowest BCUT2D eigenvalue weighted by Crippen LogP contribution is -2.33. The highest BCUT2D eigenvalue weighted by atomic mass is 16.5. The molecule has 0 bridgehead atoms. The number of aliphatic hydroxyl groups excluding tert-OH is 2. The summed E-state index contributed by atoms with van der Waals surface area (Å²) in [5.41, 5.74) is 0.569. The Morgan fingerprint density at radius 3 is 2.59 bits per heavy atom. The maximum Gasteiger partial charge on any atom is 0.298 e. The molecular weight excluding hydrogens is 350 g/mol. The van der Waals surface area contributed by atoms with E-state index in [1.54, 1.807) is 42.8 Å². The Hall–Kier alpha value is -3.04. The third kappa shape index (κ3) is 3.88. The van der Waals surface area contributed by atoms with Gasteiger partial charge in [-0.3, -0.25) is 9.36 Å². The molecule has 1 aromatic carbocycles. The van der Waals surface area contributed by atoms with Crippen molar-refractivity contribution in [1.82, 2.24) is 19.5 Å². The molecule has 0 saturated carbocycles. The lowest BCUT2D eigenvalue weighted by Gasteiger charge is -2.23. The third-order valence-electron chi connectivity index (χ3n) is 4.20. The molecule has 142 valence electrons. The second kappa shape index (κ2) is 7.68. The molecule has 3 N–H and O–H groups in total. The Labute approximate surface area is 155 Å². The van der Waals surface area contributed by atoms with E-state index in [4.69, 9.17) is 4.74 Å². The van der Waals surface area contributed by atoms with E-state index < -0.39 is 5.41 Å². The van der Waals surface area contributed by atoms with Gasteiger partial charge in [0.1, 0.15) is 12.9 Å². The summed E-state index contributed by atoms with van der Waals surface area (Å²) in [4.78, 5) is 25.1. The average molecular weight is 371 g/mol. The van der Waals surface area contributed by atoms with Gasteiger partial charge in [0, 0.05) is 18.0 Å². The first-order valence-corrected chi connectivity index (χ1v) is 8.36. The molecule has 0 aliphatic heterocycles. The second-order valence-corrected chi connectivity index (χ2v) is 6.58. The molecule has 3 rings (SSSR count). The topological polar surface area (TPSA) is 122 Å². The van der Waals surface area contributed by atoms with Gasteiger partial charge in [-0.15, -0.1) is 0 Å². The van der Waals surface area contributed by atoms with Crippen molar-refractivity contribution >= 4 is 22.9 Å². The summed E-state index contributed by atoms with van der Waals surface area (Å²) in [5.74, 6) is -0.0387. The van der Waals surface area contributed by atoms with Gasteiger partial charge >= 0.3 is 0 Å². The summed E-state index contributed by atoms with van der Waals surface area (Å²) in [6.07, 6.45) is 1.33. The largest absolute Gasteiger partial charge is 0.464 e. The number of aryl methyl sites for hydroxylation is 1. The van der Waals surface area contributed by atoms with Crippen molar-refractivity contribution in [1.29, 1.82) is 0 Å². The zero-order valence-corrected chi connectivity index (χ0v) is 15.1. The fourth-order valence-corrected chi connectivity index (χ4v) is 2.35. The van der Waals surface area contributed by atoms with Crippen molar-refractivity contribution in [2.24, 2.45) is 12.5 Å². The monoisotopic (exact) mass is 371 g/mol. The Bertz CT molecular complexity index is 938. The van der Waals surface area contributed by atoms with E-state index >= 15 is 0 Å². The smallest absolute Gasteiger partial charge is 0.298 e. The Balaban J connectivity index is 1.87. The molecule has 2 aromatic heterocycles. The van der Waals surface area contributed by atoms with Crippen LogP contribution in [0.25, 0.3) is 11.2 Å². The van der Waals surface area contributed by atoms with Crippen LogP contribution in [0.1, 0.15) is 17.3 Å². The minimum absolute atomic E-state index is 0.0658. The number of rotatable bonds is 7. The summed E-state index contributed by atoms with van der Waals surface area (Å²) < 4.78 is 7.28. The van der Waals surface area contributed by atoms with Crippen molar-refractivity contribution in [2.45, 2.75) is 6.92 Å². The molecule has 1 amide bonds. The van der Waals surface area contributed by atoms with Crippen LogP contribution in [-0.2, 0) is 7.05 Å². The minimum atomic E-state index is -0.797. The molecule has 0 atom stereocenters. The number of nitrogens with one attached hydrogen (secondary N) is 1. The summed E-state index contributed by atoms with van der Waals surface area (Å²) in [6, 6.07) is 9.02. The maximum absolute atomic E-state index is 12.4. The van der Waals surface area contributed by atoms with E-state index in [9.17, 15) is 15.0 Å². The minimum Gasteiger partial charge on any atom is -0.464 e. The van der Waals surface area contributed by atoms with Gasteiger partial charge in [0.2, 0.25) is 0 Å². The molecular formula is C18H21N5O4. The lowest BCUT2D eigenvalue weighted by atomic mass is 9.95. The van der Waals surface area contributed by atoms with E-state index in [1.165, 1.54) is 6.33 Å². The number of hydrogen-bond donors (Lipinski definition) is 3. The van der Waals surface area contributed by atoms with Crippen LogP contribution in [0.5, 0.6) is 6.01 Å². The fourth-order valence-electron chi connectivity index (χ4n) is 2.35. The summed E-state index contributed by atoms with van der Waals surface area (Å²) in [5, 5.41) is 21.5. The SMILES string of the molecule is Cn1c(OCC(C)(CO)CO)nc2c(NC(=O)c3ccccc3)ncnc21. The maximum atomic E-state index is 12.4. The highest BCUT2D eigenvalue weighted by molar-refractivity contribution is 6.06. The van der Waals surface area contributed by atoms with Gasteiger partial charge in [0.05, 0.1) is 13.2 Å². The van der Waals surface area contributed by atoms with Crippen molar-refractivity contribution in [3.63, 3.8) is 0 Å². The van der Waals surface area contributed by atoms with E-state index in [-0.39, 0.29) is 37.6 Å². The summed E-state index contributed by atoms with van der Waals surface area (Å²) in [6.45, 7) is 1.30. The Kier molecular flexibility index (Phi) is 5.33. The van der Waals surface area contributed by atoms with Gasteiger partial charge in [-0.05, 0) is 12.1 Å². The predicted molar refractivity (Wildman–Crippen MR) is 98.5 cm³/mol. The highest BCUT2D eigenvalue weighted by Crippen LogP contribution is 2.25. The quantitative estimate of drug-likeness (QED) is 0.566. The van der Waals surface area contributed by atoms with Crippen molar-refractivity contribution in [2.75, 3.05) is 25.1 Å². The van der Waals surface area contributed by atoms with Crippen LogP contribution in [0.3, 0.4) is 0 Å². The standard InChI is InChI=1S/C18H21N5O4/c1-18(8-24,9-25)10-27-17-21-13-14(19-11-20-15(13)23(17)2)22-16(26)12-6-4-3-5-7-12/h3-7,11,24-25H,8-10H2,1-2H3,(H,19,20,22,26). The number of aliphatic hydroxyl groups is 2. The number of imidazole rings is 1. The van der Waals surface area contributed by atoms with E-state index in [2.05, 4.69) is 20.3 Å². The molecule has 0 unspecified atom stereocenters. The first-order chi connectivity index (χ1) is 13.0. The molecule has 3 aromatic rings. The summed E-state index contributed by atoms with van der Waals surface area (Å²) in [7, 11) is 1.72. The second-order valence-electron chi connectivity index (χ2n) is 6.58. The van der Waals surface area contributed by atoms with Crippen LogP contribution < -0.4 is 10.1 Å². The first-order valence-electron chi connectivity index (χ1n) is 8.36. The molecule has 0 aliphatic carbocycles. The number of fused-ring (bicyclic) bond motifs is 1. The van der Waals surface area contributed by atoms with Gasteiger partial charge in [-0.1, -0.05) is 25.1 Å². The van der Waals surface area contributed by atoms with Crippen molar-refractivity contribution in [3.8, 4) is 6.01 Å². The predicted octanol–water partition coefficient (Wildman–Crippen LogP) is 0.985. The fraction of sp³-hybridized carbons (Fsp3) is 0.333. The van der Waals surface area contributed by atoms with Gasteiger partial charge in [0.25, 0.3) is 11.9 Å². The first kappa shape index (κ1) is 18.7. The third-order valence-corrected chi connectivity index (χ3v) is 4.20. The molecule has 2 heterocycles. The average Bonchev–Trinajstić information content (AvgIpc) is 3.04. The number of carbonyl (C=O) groups excluding carboxylic acids is 1. The van der Waals surface area contributed by atoms with E-state index in [1.807, 2.05) is 6.07 Å². The number of benzene rings is 1. The van der Waals surface area contributed by atoms with E-state index in [0.29, 0.717) is 16.7 Å². The molecule has 0 aliphatic rings. The molecule has 27 heavy (non-hydrogen) atoms. The Morgan fingerprint density at radius 1 is 1.22 bits per heavy atom. The van der Waals surface area contributed by atoms with Crippen molar-refractivity contribution < 1.29 is 19.7 Å². The normalized spacial score (nSPS) is 11.6.